The minimum atomic E-state index is -0.848. The first-order valence-corrected chi connectivity index (χ1v) is 5.50. The zero-order valence-electron chi connectivity index (χ0n) is 9.92. The SMILES string of the molecule is COc1ccc(-c2conc2CCC(=O)O)cc1. The fourth-order valence-corrected chi connectivity index (χ4v) is 1.67. The number of carbonyl (C=O) groups is 1. The van der Waals surface area contributed by atoms with E-state index >= 15 is 0 Å². The second-order valence-electron chi connectivity index (χ2n) is 3.80. The van der Waals surface area contributed by atoms with Gasteiger partial charge in [0.15, 0.2) is 0 Å². The normalized spacial score (nSPS) is 10.3. The van der Waals surface area contributed by atoms with Gasteiger partial charge in [0, 0.05) is 12.0 Å². The van der Waals surface area contributed by atoms with Crippen LogP contribution in [0.25, 0.3) is 11.1 Å². The lowest BCUT2D eigenvalue weighted by Crippen LogP contribution is -1.98. The average Bonchev–Trinajstić information content (AvgIpc) is 2.85. The summed E-state index contributed by atoms with van der Waals surface area (Å²) in [6.45, 7) is 0. The molecule has 5 heteroatoms. The van der Waals surface area contributed by atoms with Crippen molar-refractivity contribution in [3.63, 3.8) is 0 Å². The highest BCUT2D eigenvalue weighted by atomic mass is 16.5. The van der Waals surface area contributed by atoms with Gasteiger partial charge in [0.1, 0.15) is 12.0 Å². The number of benzene rings is 1. The van der Waals surface area contributed by atoms with Crippen molar-refractivity contribution in [2.24, 2.45) is 0 Å². The summed E-state index contributed by atoms with van der Waals surface area (Å²) in [7, 11) is 1.60. The summed E-state index contributed by atoms with van der Waals surface area (Å²) < 4.78 is 9.99. The Morgan fingerprint density at radius 3 is 2.72 bits per heavy atom. The Morgan fingerprint density at radius 1 is 1.39 bits per heavy atom. The maximum absolute atomic E-state index is 10.6. The molecule has 0 radical (unpaired) electrons. The van der Waals surface area contributed by atoms with Gasteiger partial charge in [-0.2, -0.15) is 0 Å². The molecule has 1 N–H and O–H groups in total. The molecule has 0 aliphatic rings. The third kappa shape index (κ3) is 2.68. The standard InChI is InChI=1S/C13H13NO4/c1-17-10-4-2-9(3-5-10)11-8-18-14-12(11)6-7-13(15)16/h2-5,8H,6-7H2,1H3,(H,15,16). The molecule has 0 saturated carbocycles. The van der Waals surface area contributed by atoms with E-state index in [1.54, 1.807) is 7.11 Å². The summed E-state index contributed by atoms with van der Waals surface area (Å²) in [5.41, 5.74) is 2.40. The van der Waals surface area contributed by atoms with Gasteiger partial charge < -0.3 is 14.4 Å². The Labute approximate surface area is 104 Å². The van der Waals surface area contributed by atoms with E-state index in [4.69, 9.17) is 14.4 Å². The Morgan fingerprint density at radius 2 is 2.11 bits per heavy atom. The molecule has 0 aliphatic heterocycles. The molecule has 0 fully saturated rings. The van der Waals surface area contributed by atoms with Crippen LogP contribution in [-0.2, 0) is 11.2 Å². The van der Waals surface area contributed by atoms with Gasteiger partial charge in [0.05, 0.1) is 19.2 Å². The zero-order valence-corrected chi connectivity index (χ0v) is 9.92. The fourth-order valence-electron chi connectivity index (χ4n) is 1.67. The molecule has 0 spiro atoms. The number of carboxylic acid groups (broad SMARTS) is 1. The van der Waals surface area contributed by atoms with Crippen LogP contribution in [0.5, 0.6) is 5.75 Å². The summed E-state index contributed by atoms with van der Waals surface area (Å²) in [6.07, 6.45) is 1.92. The minimum Gasteiger partial charge on any atom is -0.497 e. The number of rotatable bonds is 5. The molecule has 0 aliphatic carbocycles. The molecule has 1 aromatic carbocycles. The smallest absolute Gasteiger partial charge is 0.303 e. The number of hydrogen-bond donors (Lipinski definition) is 1. The number of carboxylic acids is 1. The lowest BCUT2D eigenvalue weighted by atomic mass is 10.0. The highest BCUT2D eigenvalue weighted by Gasteiger charge is 2.11. The highest BCUT2D eigenvalue weighted by molar-refractivity contribution is 5.69. The van der Waals surface area contributed by atoms with Crippen LogP contribution in [0.3, 0.4) is 0 Å². The van der Waals surface area contributed by atoms with Crippen LogP contribution in [0, 0.1) is 0 Å². The summed E-state index contributed by atoms with van der Waals surface area (Å²) in [5.74, 6) is -0.0824. The maximum Gasteiger partial charge on any atom is 0.303 e. The number of methoxy groups -OCH3 is 1. The predicted octanol–water partition coefficient (Wildman–Crippen LogP) is 2.37. The number of aryl methyl sites for hydroxylation is 1. The van der Waals surface area contributed by atoms with Crippen molar-refractivity contribution in [2.45, 2.75) is 12.8 Å². The topological polar surface area (TPSA) is 72.6 Å². The lowest BCUT2D eigenvalue weighted by Gasteiger charge is -2.02. The van der Waals surface area contributed by atoms with E-state index in [1.807, 2.05) is 24.3 Å². The van der Waals surface area contributed by atoms with Gasteiger partial charge in [0.2, 0.25) is 0 Å². The van der Waals surface area contributed by atoms with Gasteiger partial charge in [-0.1, -0.05) is 17.3 Å². The van der Waals surface area contributed by atoms with Crippen LogP contribution in [0.1, 0.15) is 12.1 Å². The van der Waals surface area contributed by atoms with Crippen molar-refractivity contribution >= 4 is 5.97 Å². The number of hydrogen-bond acceptors (Lipinski definition) is 4. The van der Waals surface area contributed by atoms with E-state index in [2.05, 4.69) is 5.16 Å². The molecule has 5 nitrogen and oxygen atoms in total. The van der Waals surface area contributed by atoms with Crippen LogP contribution < -0.4 is 4.74 Å². The molecule has 0 saturated heterocycles. The molecule has 2 aromatic rings. The van der Waals surface area contributed by atoms with E-state index in [0.717, 1.165) is 16.9 Å². The van der Waals surface area contributed by atoms with Crippen molar-refractivity contribution in [3.8, 4) is 16.9 Å². The maximum atomic E-state index is 10.6. The summed E-state index contributed by atoms with van der Waals surface area (Å²) in [6, 6.07) is 7.44. The van der Waals surface area contributed by atoms with Crippen LogP contribution in [0.4, 0.5) is 0 Å². The van der Waals surface area contributed by atoms with Crippen LogP contribution in [0.15, 0.2) is 35.1 Å². The van der Waals surface area contributed by atoms with Crippen molar-refractivity contribution in [1.82, 2.24) is 5.16 Å². The van der Waals surface area contributed by atoms with Gasteiger partial charge in [-0.3, -0.25) is 4.79 Å². The van der Waals surface area contributed by atoms with E-state index in [0.29, 0.717) is 12.1 Å². The highest BCUT2D eigenvalue weighted by Crippen LogP contribution is 2.25. The van der Waals surface area contributed by atoms with Crippen molar-refractivity contribution in [1.29, 1.82) is 0 Å². The molecule has 1 heterocycles. The monoisotopic (exact) mass is 247 g/mol. The molecule has 0 amide bonds. The Hall–Kier alpha value is -2.30. The third-order valence-corrected chi connectivity index (χ3v) is 2.62. The Kier molecular flexibility index (Phi) is 3.62. The van der Waals surface area contributed by atoms with E-state index in [9.17, 15) is 4.79 Å². The number of aromatic nitrogens is 1. The first-order chi connectivity index (χ1) is 8.70. The number of ether oxygens (including phenoxy) is 1. The zero-order chi connectivity index (χ0) is 13.0. The number of nitrogens with zero attached hydrogens (tertiary/aromatic N) is 1. The molecular weight excluding hydrogens is 234 g/mol. The first kappa shape index (κ1) is 12.2. The van der Waals surface area contributed by atoms with Crippen molar-refractivity contribution in [2.75, 3.05) is 7.11 Å². The third-order valence-electron chi connectivity index (χ3n) is 2.62. The number of aliphatic carboxylic acids is 1. The van der Waals surface area contributed by atoms with Gasteiger partial charge >= 0.3 is 5.97 Å². The summed E-state index contributed by atoms with van der Waals surface area (Å²) in [5, 5.41) is 12.5. The molecular formula is C13H13NO4. The van der Waals surface area contributed by atoms with Crippen LogP contribution >= 0.6 is 0 Å². The van der Waals surface area contributed by atoms with Gasteiger partial charge in [-0.25, -0.2) is 0 Å². The van der Waals surface area contributed by atoms with Crippen molar-refractivity contribution in [3.05, 3.63) is 36.2 Å². The average molecular weight is 247 g/mol. The van der Waals surface area contributed by atoms with Gasteiger partial charge in [-0.05, 0) is 17.7 Å². The second-order valence-corrected chi connectivity index (χ2v) is 3.80. The molecule has 1 aromatic heterocycles. The quantitative estimate of drug-likeness (QED) is 0.878. The van der Waals surface area contributed by atoms with Gasteiger partial charge in [-0.15, -0.1) is 0 Å². The largest absolute Gasteiger partial charge is 0.497 e. The molecule has 0 unspecified atom stereocenters. The summed E-state index contributed by atoms with van der Waals surface area (Å²) in [4.78, 5) is 10.6. The second kappa shape index (κ2) is 5.35. The van der Waals surface area contributed by atoms with Crippen molar-refractivity contribution < 1.29 is 19.2 Å². The van der Waals surface area contributed by atoms with Gasteiger partial charge in [0.25, 0.3) is 0 Å². The van der Waals surface area contributed by atoms with E-state index < -0.39 is 5.97 Å². The van der Waals surface area contributed by atoms with Crippen LogP contribution in [-0.4, -0.2) is 23.3 Å². The van der Waals surface area contributed by atoms with E-state index in [-0.39, 0.29) is 6.42 Å². The Bertz CT molecular complexity index is 530. The van der Waals surface area contributed by atoms with Crippen LogP contribution in [0.2, 0.25) is 0 Å². The minimum absolute atomic E-state index is 0.0374. The summed E-state index contributed by atoms with van der Waals surface area (Å²) >= 11 is 0. The van der Waals surface area contributed by atoms with E-state index in [1.165, 1.54) is 6.26 Å². The molecule has 18 heavy (non-hydrogen) atoms. The lowest BCUT2D eigenvalue weighted by molar-refractivity contribution is -0.136. The first-order valence-electron chi connectivity index (χ1n) is 5.50. The predicted molar refractivity (Wildman–Crippen MR) is 64.4 cm³/mol. The molecule has 0 bridgehead atoms. The molecule has 94 valence electrons. The molecule has 2 rings (SSSR count). The fraction of sp³-hybridized carbons (Fsp3) is 0.231. The Balaban J connectivity index is 2.21. The molecule has 0 atom stereocenters.